The van der Waals surface area contributed by atoms with Crippen LogP contribution in [0.3, 0.4) is 0 Å². The van der Waals surface area contributed by atoms with Crippen molar-refractivity contribution in [3.63, 3.8) is 0 Å². The summed E-state index contributed by atoms with van der Waals surface area (Å²) in [5.41, 5.74) is 0.523. The summed E-state index contributed by atoms with van der Waals surface area (Å²) in [5, 5.41) is 3.39. The molecule has 4 heteroatoms. The molecular formula is C14H20F2N2. The topological polar surface area (TPSA) is 15.3 Å². The van der Waals surface area contributed by atoms with E-state index in [9.17, 15) is 8.78 Å². The smallest absolute Gasteiger partial charge is 0.149 e. The van der Waals surface area contributed by atoms with Crippen molar-refractivity contribution in [2.24, 2.45) is 5.92 Å². The van der Waals surface area contributed by atoms with Crippen LogP contribution < -0.4 is 10.2 Å². The summed E-state index contributed by atoms with van der Waals surface area (Å²) < 4.78 is 26.5. The first-order valence-electron chi connectivity index (χ1n) is 6.61. The van der Waals surface area contributed by atoms with Crippen LogP contribution in [0.25, 0.3) is 0 Å². The molecule has 1 heterocycles. The van der Waals surface area contributed by atoms with Gasteiger partial charge in [-0.2, -0.15) is 0 Å². The molecule has 0 spiro atoms. The quantitative estimate of drug-likeness (QED) is 0.813. The van der Waals surface area contributed by atoms with Gasteiger partial charge in [0.15, 0.2) is 0 Å². The van der Waals surface area contributed by atoms with Gasteiger partial charge in [-0.1, -0.05) is 6.92 Å². The van der Waals surface area contributed by atoms with Gasteiger partial charge in [-0.15, -0.1) is 0 Å². The zero-order valence-corrected chi connectivity index (χ0v) is 10.8. The normalized spacial score (nSPS) is 19.5. The van der Waals surface area contributed by atoms with E-state index in [1.54, 1.807) is 0 Å². The second-order valence-corrected chi connectivity index (χ2v) is 4.90. The zero-order valence-electron chi connectivity index (χ0n) is 10.8. The van der Waals surface area contributed by atoms with E-state index in [1.165, 1.54) is 12.1 Å². The Morgan fingerprint density at radius 1 is 1.39 bits per heavy atom. The summed E-state index contributed by atoms with van der Waals surface area (Å²) in [7, 11) is 0. The lowest BCUT2D eigenvalue weighted by atomic mass is 10.1. The van der Waals surface area contributed by atoms with E-state index < -0.39 is 11.6 Å². The molecule has 1 atom stereocenters. The lowest BCUT2D eigenvalue weighted by Gasteiger charge is -2.19. The van der Waals surface area contributed by atoms with Crippen molar-refractivity contribution in [3.05, 3.63) is 29.8 Å². The molecule has 100 valence electrons. The predicted octanol–water partition coefficient (Wildman–Crippen LogP) is 2.79. The van der Waals surface area contributed by atoms with Crippen LogP contribution in [0.1, 0.15) is 19.8 Å². The lowest BCUT2D eigenvalue weighted by molar-refractivity contribution is 0.515. The van der Waals surface area contributed by atoms with E-state index in [2.05, 4.69) is 12.2 Å². The van der Waals surface area contributed by atoms with Crippen molar-refractivity contribution in [2.75, 3.05) is 31.1 Å². The molecular weight excluding hydrogens is 234 g/mol. The monoisotopic (exact) mass is 254 g/mol. The second-order valence-electron chi connectivity index (χ2n) is 4.90. The fraction of sp³-hybridized carbons (Fsp3) is 0.571. The SMILES string of the molecule is CCCNCC1CCN(c2ccc(F)cc2F)C1. The first-order chi connectivity index (χ1) is 8.70. The molecule has 1 aromatic carbocycles. The minimum atomic E-state index is -0.517. The molecule has 0 aliphatic carbocycles. The first-order valence-corrected chi connectivity index (χ1v) is 6.61. The molecule has 1 aliphatic rings. The molecule has 18 heavy (non-hydrogen) atoms. The Morgan fingerprint density at radius 2 is 2.22 bits per heavy atom. The van der Waals surface area contributed by atoms with Gasteiger partial charge in [-0.25, -0.2) is 8.78 Å². The summed E-state index contributed by atoms with van der Waals surface area (Å²) >= 11 is 0. The standard InChI is InChI=1S/C14H20F2N2/c1-2-6-17-9-11-5-7-18(10-11)14-4-3-12(15)8-13(14)16/h3-4,8,11,17H,2,5-7,9-10H2,1H3. The van der Waals surface area contributed by atoms with Crippen LogP contribution in [0.15, 0.2) is 18.2 Å². The van der Waals surface area contributed by atoms with Crippen molar-refractivity contribution in [1.82, 2.24) is 5.32 Å². The fourth-order valence-electron chi connectivity index (χ4n) is 2.44. The number of rotatable bonds is 5. The van der Waals surface area contributed by atoms with Crippen molar-refractivity contribution in [1.29, 1.82) is 0 Å². The molecule has 1 unspecified atom stereocenters. The molecule has 0 saturated carbocycles. The van der Waals surface area contributed by atoms with Crippen LogP contribution in [0.5, 0.6) is 0 Å². The molecule has 0 radical (unpaired) electrons. The number of benzene rings is 1. The van der Waals surface area contributed by atoms with E-state index in [4.69, 9.17) is 0 Å². The molecule has 0 aromatic heterocycles. The Balaban J connectivity index is 1.91. The summed E-state index contributed by atoms with van der Waals surface area (Å²) in [5.74, 6) is -0.422. The van der Waals surface area contributed by atoms with E-state index in [1.807, 2.05) is 4.90 Å². The summed E-state index contributed by atoms with van der Waals surface area (Å²) in [4.78, 5) is 2.01. The molecule has 2 nitrogen and oxygen atoms in total. The van der Waals surface area contributed by atoms with Gasteiger partial charge in [0.05, 0.1) is 5.69 Å². The fourth-order valence-corrected chi connectivity index (χ4v) is 2.44. The van der Waals surface area contributed by atoms with Gasteiger partial charge in [-0.3, -0.25) is 0 Å². The number of nitrogens with zero attached hydrogens (tertiary/aromatic N) is 1. The minimum absolute atomic E-state index is 0.461. The minimum Gasteiger partial charge on any atom is -0.369 e. The van der Waals surface area contributed by atoms with Crippen LogP contribution in [0.4, 0.5) is 14.5 Å². The molecule has 2 rings (SSSR count). The third-order valence-corrected chi connectivity index (χ3v) is 3.40. The lowest BCUT2D eigenvalue weighted by Crippen LogP contribution is -2.27. The largest absolute Gasteiger partial charge is 0.369 e. The Bertz CT molecular complexity index is 395. The van der Waals surface area contributed by atoms with Crippen molar-refractivity contribution in [3.8, 4) is 0 Å². The number of nitrogens with one attached hydrogen (secondary N) is 1. The first kappa shape index (κ1) is 13.3. The maximum atomic E-state index is 13.6. The predicted molar refractivity (Wildman–Crippen MR) is 69.8 cm³/mol. The molecule has 1 fully saturated rings. The maximum absolute atomic E-state index is 13.6. The van der Waals surface area contributed by atoms with Crippen molar-refractivity contribution < 1.29 is 8.78 Å². The van der Waals surface area contributed by atoms with E-state index in [0.717, 1.165) is 45.1 Å². The van der Waals surface area contributed by atoms with Crippen LogP contribution in [0.2, 0.25) is 0 Å². The Hall–Kier alpha value is -1.16. The Labute approximate surface area is 107 Å². The average Bonchev–Trinajstić information content (AvgIpc) is 2.78. The summed E-state index contributed by atoms with van der Waals surface area (Å²) in [6, 6.07) is 3.81. The highest BCUT2D eigenvalue weighted by molar-refractivity contribution is 5.48. The number of hydrogen-bond acceptors (Lipinski definition) is 2. The highest BCUT2D eigenvalue weighted by Crippen LogP contribution is 2.26. The molecule has 1 aromatic rings. The maximum Gasteiger partial charge on any atom is 0.149 e. The van der Waals surface area contributed by atoms with Crippen LogP contribution >= 0.6 is 0 Å². The third kappa shape index (κ3) is 3.19. The molecule has 0 bridgehead atoms. The third-order valence-electron chi connectivity index (χ3n) is 3.40. The number of halogens is 2. The summed E-state index contributed by atoms with van der Waals surface area (Å²) in [6.45, 7) is 5.84. The van der Waals surface area contributed by atoms with Crippen LogP contribution in [-0.2, 0) is 0 Å². The average molecular weight is 254 g/mol. The molecule has 0 amide bonds. The summed E-state index contributed by atoms with van der Waals surface area (Å²) in [6.07, 6.45) is 2.19. The van der Waals surface area contributed by atoms with Crippen molar-refractivity contribution >= 4 is 5.69 Å². The van der Waals surface area contributed by atoms with Crippen LogP contribution in [-0.4, -0.2) is 26.2 Å². The van der Waals surface area contributed by atoms with Crippen molar-refractivity contribution in [2.45, 2.75) is 19.8 Å². The second kappa shape index (κ2) is 6.14. The molecule has 1 saturated heterocycles. The van der Waals surface area contributed by atoms with E-state index in [0.29, 0.717) is 11.6 Å². The number of anilines is 1. The van der Waals surface area contributed by atoms with Gasteiger partial charge in [0.2, 0.25) is 0 Å². The van der Waals surface area contributed by atoms with Gasteiger partial charge in [0, 0.05) is 19.2 Å². The van der Waals surface area contributed by atoms with E-state index in [-0.39, 0.29) is 0 Å². The Morgan fingerprint density at radius 3 is 2.94 bits per heavy atom. The molecule has 1 N–H and O–H groups in total. The van der Waals surface area contributed by atoms with Gasteiger partial charge in [-0.05, 0) is 44.0 Å². The van der Waals surface area contributed by atoms with Gasteiger partial charge < -0.3 is 10.2 Å². The Kier molecular flexibility index (Phi) is 4.53. The van der Waals surface area contributed by atoms with Crippen LogP contribution in [0, 0.1) is 17.6 Å². The van der Waals surface area contributed by atoms with Gasteiger partial charge >= 0.3 is 0 Å². The highest BCUT2D eigenvalue weighted by atomic mass is 19.1. The van der Waals surface area contributed by atoms with E-state index >= 15 is 0 Å². The van der Waals surface area contributed by atoms with Gasteiger partial charge in [0.1, 0.15) is 11.6 Å². The van der Waals surface area contributed by atoms with Gasteiger partial charge in [0.25, 0.3) is 0 Å². The molecule has 1 aliphatic heterocycles. The number of hydrogen-bond donors (Lipinski definition) is 1. The zero-order chi connectivity index (χ0) is 13.0. The highest BCUT2D eigenvalue weighted by Gasteiger charge is 2.24.